The van der Waals surface area contributed by atoms with E-state index in [0.717, 1.165) is 17.5 Å². The molecular formula is C23H26FN3O2. The van der Waals surface area contributed by atoms with Gasteiger partial charge in [0.25, 0.3) is 5.91 Å². The van der Waals surface area contributed by atoms with E-state index in [1.807, 2.05) is 37.9 Å². The van der Waals surface area contributed by atoms with Crippen molar-refractivity contribution in [2.75, 3.05) is 38.1 Å². The molecule has 29 heavy (non-hydrogen) atoms. The number of carbonyl (C=O) groups excluding carboxylic acids is 2. The summed E-state index contributed by atoms with van der Waals surface area (Å²) in [6.45, 7) is 5.87. The van der Waals surface area contributed by atoms with Crippen LogP contribution >= 0.6 is 0 Å². The maximum Gasteiger partial charge on any atom is 0.253 e. The van der Waals surface area contributed by atoms with Crippen LogP contribution in [0.4, 0.5) is 10.1 Å². The molecule has 2 heterocycles. The Morgan fingerprint density at radius 1 is 1.07 bits per heavy atom. The monoisotopic (exact) mass is 395 g/mol. The van der Waals surface area contributed by atoms with Crippen molar-refractivity contribution in [3.8, 4) is 0 Å². The first kappa shape index (κ1) is 19.6. The fourth-order valence-corrected chi connectivity index (χ4v) is 4.59. The second-order valence-corrected chi connectivity index (χ2v) is 8.39. The molecule has 152 valence electrons. The number of halogens is 1. The molecule has 2 aliphatic heterocycles. The average molecular weight is 395 g/mol. The van der Waals surface area contributed by atoms with Crippen LogP contribution in [0, 0.1) is 19.7 Å². The van der Waals surface area contributed by atoms with E-state index in [1.54, 1.807) is 17.0 Å². The van der Waals surface area contributed by atoms with Crippen LogP contribution in [0.25, 0.3) is 0 Å². The van der Waals surface area contributed by atoms with E-state index in [0.29, 0.717) is 30.9 Å². The van der Waals surface area contributed by atoms with E-state index in [9.17, 15) is 14.0 Å². The molecule has 2 aromatic rings. The number of rotatable bonds is 2. The molecule has 2 aliphatic rings. The minimum Gasteiger partial charge on any atom is -0.337 e. The molecule has 0 aliphatic carbocycles. The Morgan fingerprint density at radius 3 is 2.48 bits per heavy atom. The van der Waals surface area contributed by atoms with Gasteiger partial charge in [-0.1, -0.05) is 23.3 Å². The molecule has 1 atom stereocenters. The summed E-state index contributed by atoms with van der Waals surface area (Å²) in [6, 6.07) is 12.0. The second kappa shape index (κ2) is 7.26. The second-order valence-electron chi connectivity index (χ2n) is 8.39. The number of hydrogen-bond acceptors (Lipinski definition) is 3. The van der Waals surface area contributed by atoms with Crippen LogP contribution in [0.5, 0.6) is 0 Å². The van der Waals surface area contributed by atoms with Crippen molar-refractivity contribution in [1.82, 2.24) is 9.80 Å². The van der Waals surface area contributed by atoms with Gasteiger partial charge in [0.1, 0.15) is 5.82 Å². The quantitative estimate of drug-likeness (QED) is 0.785. The summed E-state index contributed by atoms with van der Waals surface area (Å²) in [7, 11) is 1.94. The van der Waals surface area contributed by atoms with Crippen molar-refractivity contribution < 1.29 is 14.0 Å². The summed E-state index contributed by atoms with van der Waals surface area (Å²) in [5.74, 6) is -0.389. The molecule has 1 spiro atoms. The highest BCUT2D eigenvalue weighted by Gasteiger charge is 2.48. The van der Waals surface area contributed by atoms with Crippen LogP contribution in [0.3, 0.4) is 0 Å². The lowest BCUT2D eigenvalue weighted by Gasteiger charge is -2.46. The van der Waals surface area contributed by atoms with Gasteiger partial charge in [-0.2, -0.15) is 0 Å². The summed E-state index contributed by atoms with van der Waals surface area (Å²) in [5.41, 5.74) is 3.09. The molecule has 2 amide bonds. The molecule has 2 fully saturated rings. The molecule has 2 aromatic carbocycles. The average Bonchev–Trinajstić information content (AvgIpc) is 3.09. The van der Waals surface area contributed by atoms with Gasteiger partial charge in [0.05, 0.1) is 12.1 Å². The summed E-state index contributed by atoms with van der Waals surface area (Å²) in [4.78, 5) is 31.4. The molecule has 0 aromatic heterocycles. The minimum atomic E-state index is -0.360. The number of benzene rings is 2. The maximum absolute atomic E-state index is 13.7. The van der Waals surface area contributed by atoms with Gasteiger partial charge in [-0.15, -0.1) is 0 Å². The number of amides is 2. The van der Waals surface area contributed by atoms with Gasteiger partial charge in [0.15, 0.2) is 0 Å². The number of likely N-dealkylation sites (N-methyl/N-ethyl adjacent to an activating group) is 1. The Morgan fingerprint density at radius 2 is 1.79 bits per heavy atom. The lowest BCUT2D eigenvalue weighted by atomic mass is 9.92. The smallest absolute Gasteiger partial charge is 0.253 e. The van der Waals surface area contributed by atoms with E-state index in [1.165, 1.54) is 12.1 Å². The summed E-state index contributed by atoms with van der Waals surface area (Å²) in [6.07, 6.45) is 0.777. The van der Waals surface area contributed by atoms with Crippen molar-refractivity contribution >= 4 is 17.5 Å². The molecule has 0 radical (unpaired) electrons. The lowest BCUT2D eigenvalue weighted by molar-refractivity contribution is -0.123. The third-order valence-electron chi connectivity index (χ3n) is 6.14. The Balaban J connectivity index is 1.57. The lowest BCUT2D eigenvalue weighted by Crippen LogP contribution is -2.64. The van der Waals surface area contributed by atoms with Gasteiger partial charge in [-0.25, -0.2) is 4.39 Å². The van der Waals surface area contributed by atoms with Gasteiger partial charge >= 0.3 is 0 Å². The zero-order chi connectivity index (χ0) is 20.8. The molecular weight excluding hydrogens is 369 g/mol. The maximum atomic E-state index is 13.7. The number of hydrogen-bond donors (Lipinski definition) is 0. The van der Waals surface area contributed by atoms with E-state index in [2.05, 4.69) is 11.0 Å². The third kappa shape index (κ3) is 3.65. The fourth-order valence-electron chi connectivity index (χ4n) is 4.59. The zero-order valence-corrected chi connectivity index (χ0v) is 17.1. The molecule has 5 nitrogen and oxygen atoms in total. The van der Waals surface area contributed by atoms with Crippen molar-refractivity contribution in [2.45, 2.75) is 25.8 Å². The molecule has 0 unspecified atom stereocenters. The summed E-state index contributed by atoms with van der Waals surface area (Å²) < 4.78 is 13.7. The van der Waals surface area contributed by atoms with E-state index >= 15 is 0 Å². The van der Waals surface area contributed by atoms with Crippen molar-refractivity contribution in [3.05, 3.63) is 65.0 Å². The number of aryl methyl sites for hydroxylation is 2. The van der Waals surface area contributed by atoms with Gasteiger partial charge in [0.2, 0.25) is 5.91 Å². The molecule has 0 N–H and O–H groups in total. The largest absolute Gasteiger partial charge is 0.337 e. The van der Waals surface area contributed by atoms with Crippen molar-refractivity contribution in [3.63, 3.8) is 0 Å². The number of carbonyl (C=O) groups is 2. The Labute approximate surface area is 170 Å². The Kier molecular flexibility index (Phi) is 4.90. The normalized spacial score (nSPS) is 22.6. The molecule has 2 saturated heterocycles. The van der Waals surface area contributed by atoms with Crippen LogP contribution in [0.1, 0.15) is 27.9 Å². The zero-order valence-electron chi connectivity index (χ0n) is 17.1. The van der Waals surface area contributed by atoms with Gasteiger partial charge in [-0.3, -0.25) is 14.5 Å². The molecule has 4 rings (SSSR count). The molecule has 0 saturated carbocycles. The first-order chi connectivity index (χ1) is 13.8. The van der Waals surface area contributed by atoms with Crippen LogP contribution in [0.15, 0.2) is 42.5 Å². The topological polar surface area (TPSA) is 43.9 Å². The number of anilines is 1. The Hall–Kier alpha value is -2.73. The van der Waals surface area contributed by atoms with Crippen molar-refractivity contribution in [1.29, 1.82) is 0 Å². The Bertz CT molecular complexity index is 956. The number of likely N-dealkylation sites (tertiary alicyclic amines) is 1. The highest BCUT2D eigenvalue weighted by Crippen LogP contribution is 2.34. The van der Waals surface area contributed by atoms with Crippen molar-refractivity contribution in [2.24, 2.45) is 0 Å². The molecule has 0 bridgehead atoms. The highest BCUT2D eigenvalue weighted by atomic mass is 19.1. The van der Waals surface area contributed by atoms with E-state index in [-0.39, 0.29) is 29.7 Å². The minimum absolute atomic E-state index is 0.0243. The van der Waals surface area contributed by atoms with Crippen LogP contribution in [-0.4, -0.2) is 60.4 Å². The first-order valence-electron chi connectivity index (χ1n) is 9.92. The van der Waals surface area contributed by atoms with Crippen LogP contribution < -0.4 is 4.90 Å². The summed E-state index contributed by atoms with van der Waals surface area (Å²) >= 11 is 0. The number of nitrogens with zero attached hydrogens (tertiary/aromatic N) is 3. The van der Waals surface area contributed by atoms with Crippen LogP contribution in [0.2, 0.25) is 0 Å². The SMILES string of the molecule is Cc1cc(C)cc(C(=O)N2CC[C@@]3(C2)CN(c2cccc(F)c2)C(=O)CN3C)c1. The predicted molar refractivity (Wildman–Crippen MR) is 111 cm³/mol. The van der Waals surface area contributed by atoms with Gasteiger partial charge in [-0.05, 0) is 57.6 Å². The van der Waals surface area contributed by atoms with E-state index < -0.39 is 0 Å². The standard InChI is InChI=1S/C23H26FN3O2/c1-16-9-17(2)11-18(10-16)22(29)26-8-7-23(14-26)15-27(21(28)13-25(23)3)20-6-4-5-19(24)12-20/h4-6,9-12H,7-8,13-15H2,1-3H3/t23-/m1/s1. The van der Waals surface area contributed by atoms with Gasteiger partial charge < -0.3 is 9.80 Å². The third-order valence-corrected chi connectivity index (χ3v) is 6.14. The summed E-state index contributed by atoms with van der Waals surface area (Å²) in [5, 5.41) is 0. The van der Waals surface area contributed by atoms with E-state index in [4.69, 9.17) is 0 Å². The van der Waals surface area contributed by atoms with Gasteiger partial charge in [0, 0.05) is 30.9 Å². The molecule has 6 heteroatoms. The first-order valence-corrected chi connectivity index (χ1v) is 9.92. The highest BCUT2D eigenvalue weighted by molar-refractivity contribution is 5.97. The predicted octanol–water partition coefficient (Wildman–Crippen LogP) is 3.01. The number of piperazine rings is 1. The van der Waals surface area contributed by atoms with Crippen LogP contribution in [-0.2, 0) is 4.79 Å². The fraction of sp³-hybridized carbons (Fsp3) is 0.391.